The van der Waals surface area contributed by atoms with Gasteiger partial charge >= 0.3 is 11.8 Å². The number of hydrogen-bond acceptors (Lipinski definition) is 4. The van der Waals surface area contributed by atoms with Crippen LogP contribution >= 0.6 is 0 Å². The number of oxazole rings is 1. The van der Waals surface area contributed by atoms with Crippen molar-refractivity contribution in [3.05, 3.63) is 28.7 Å². The highest BCUT2D eigenvalue weighted by molar-refractivity contribution is 5.91. The molecule has 1 atom stereocenters. The van der Waals surface area contributed by atoms with Crippen molar-refractivity contribution in [2.75, 3.05) is 11.9 Å². The Morgan fingerprint density at radius 3 is 2.82 bits per heavy atom. The van der Waals surface area contributed by atoms with Gasteiger partial charge in [-0.15, -0.1) is 0 Å². The minimum Gasteiger partial charge on any atom is -0.408 e. The summed E-state index contributed by atoms with van der Waals surface area (Å²) in [5.74, 6) is -0.0864. The van der Waals surface area contributed by atoms with E-state index in [2.05, 4.69) is 10.6 Å². The average molecular weight is 307 g/mol. The Kier molecular flexibility index (Phi) is 4.87. The average Bonchev–Trinajstić information content (AvgIpc) is 2.71. The van der Waals surface area contributed by atoms with Crippen molar-refractivity contribution in [3.63, 3.8) is 0 Å². The molecule has 0 unspecified atom stereocenters. The third-order valence-electron chi connectivity index (χ3n) is 3.29. The molecule has 2 aromatic rings. The number of amides is 2. The Hall–Kier alpha value is -2.28. The van der Waals surface area contributed by atoms with E-state index in [1.807, 2.05) is 13.8 Å². The van der Waals surface area contributed by atoms with Gasteiger partial charge in [0.15, 0.2) is 5.58 Å². The molecule has 1 heterocycles. The maximum Gasteiger partial charge on any atom is 0.419 e. The van der Waals surface area contributed by atoms with Crippen molar-refractivity contribution in [2.45, 2.75) is 26.4 Å². The first-order valence-electron chi connectivity index (χ1n) is 7.19. The number of aryl methyl sites for hydroxylation is 1. The van der Waals surface area contributed by atoms with Crippen molar-refractivity contribution < 1.29 is 14.3 Å². The molecule has 0 saturated heterocycles. The summed E-state index contributed by atoms with van der Waals surface area (Å²) in [6.07, 6.45) is 0.0573. The molecule has 0 radical (unpaired) electrons. The second kappa shape index (κ2) is 6.65. The third-order valence-corrected chi connectivity index (χ3v) is 3.29. The Labute approximate surface area is 127 Å². The van der Waals surface area contributed by atoms with Crippen LogP contribution in [0.5, 0.6) is 0 Å². The van der Waals surface area contributed by atoms with Gasteiger partial charge in [-0.2, -0.15) is 0 Å². The first-order chi connectivity index (χ1) is 10.4. The van der Waals surface area contributed by atoms with Crippen LogP contribution in [0.25, 0.3) is 11.1 Å². The highest BCUT2D eigenvalue weighted by atomic mass is 16.4. The largest absolute Gasteiger partial charge is 0.419 e. The van der Waals surface area contributed by atoms with Crippen LogP contribution in [0.2, 0.25) is 0 Å². The fourth-order valence-electron chi connectivity index (χ4n) is 2.22. The predicted molar refractivity (Wildman–Crippen MR) is 83.9 cm³/mol. The van der Waals surface area contributed by atoms with Gasteiger partial charge in [0.2, 0.25) is 0 Å². The molecule has 0 aliphatic carbocycles. The minimum absolute atomic E-state index is 0.187. The van der Waals surface area contributed by atoms with E-state index in [9.17, 15) is 14.7 Å². The zero-order chi connectivity index (χ0) is 16.3. The Morgan fingerprint density at radius 2 is 2.14 bits per heavy atom. The molecular weight excluding hydrogens is 286 g/mol. The van der Waals surface area contributed by atoms with Crippen LogP contribution in [0.1, 0.15) is 20.3 Å². The van der Waals surface area contributed by atoms with Gasteiger partial charge in [-0.3, -0.25) is 4.57 Å². The number of aliphatic hydroxyl groups is 1. The Morgan fingerprint density at radius 1 is 1.41 bits per heavy atom. The van der Waals surface area contributed by atoms with Gasteiger partial charge < -0.3 is 20.2 Å². The summed E-state index contributed by atoms with van der Waals surface area (Å²) in [5.41, 5.74) is 1.58. The molecule has 7 heteroatoms. The number of fused-ring (bicyclic) bond motifs is 1. The third kappa shape index (κ3) is 3.88. The highest BCUT2D eigenvalue weighted by Crippen LogP contribution is 2.17. The molecule has 22 heavy (non-hydrogen) atoms. The first kappa shape index (κ1) is 16.1. The molecule has 120 valence electrons. The van der Waals surface area contributed by atoms with E-state index in [-0.39, 0.29) is 6.54 Å². The van der Waals surface area contributed by atoms with Crippen molar-refractivity contribution in [2.24, 2.45) is 13.0 Å². The number of urea groups is 1. The SMILES string of the molecule is CC(C)C[C@H](O)CNC(=O)Nc1ccc2c(c1)oc(=O)n2C. The van der Waals surface area contributed by atoms with Crippen molar-refractivity contribution in [1.29, 1.82) is 0 Å². The van der Waals surface area contributed by atoms with Crippen LogP contribution in [0.3, 0.4) is 0 Å². The smallest absolute Gasteiger partial charge is 0.408 e. The van der Waals surface area contributed by atoms with E-state index in [1.165, 1.54) is 4.57 Å². The zero-order valence-electron chi connectivity index (χ0n) is 12.9. The van der Waals surface area contributed by atoms with Gasteiger partial charge in [0, 0.05) is 25.3 Å². The quantitative estimate of drug-likeness (QED) is 0.782. The van der Waals surface area contributed by atoms with Crippen molar-refractivity contribution in [1.82, 2.24) is 9.88 Å². The lowest BCUT2D eigenvalue weighted by molar-refractivity contribution is 0.148. The Bertz CT molecular complexity index is 717. The molecule has 0 saturated carbocycles. The summed E-state index contributed by atoms with van der Waals surface area (Å²) in [5, 5.41) is 15.0. The maximum atomic E-state index is 11.8. The monoisotopic (exact) mass is 307 g/mol. The molecule has 2 rings (SSSR count). The molecule has 0 bridgehead atoms. The number of anilines is 1. The zero-order valence-corrected chi connectivity index (χ0v) is 12.9. The van der Waals surface area contributed by atoms with E-state index in [4.69, 9.17) is 4.42 Å². The number of carbonyl (C=O) groups excluding carboxylic acids is 1. The van der Waals surface area contributed by atoms with Gasteiger partial charge in [-0.25, -0.2) is 9.59 Å². The van der Waals surface area contributed by atoms with Crippen LogP contribution in [0.4, 0.5) is 10.5 Å². The molecule has 0 fully saturated rings. The highest BCUT2D eigenvalue weighted by Gasteiger charge is 2.10. The fraction of sp³-hybridized carbons (Fsp3) is 0.467. The van der Waals surface area contributed by atoms with E-state index in [1.54, 1.807) is 25.2 Å². The molecule has 0 aliphatic heterocycles. The molecule has 1 aromatic carbocycles. The molecule has 0 aliphatic rings. The lowest BCUT2D eigenvalue weighted by Crippen LogP contribution is -2.35. The molecule has 1 aromatic heterocycles. The molecule has 7 nitrogen and oxygen atoms in total. The van der Waals surface area contributed by atoms with E-state index in [0.29, 0.717) is 29.1 Å². The van der Waals surface area contributed by atoms with Gasteiger partial charge in [0.25, 0.3) is 0 Å². The summed E-state index contributed by atoms with van der Waals surface area (Å²) in [6.45, 7) is 4.20. The number of hydrogen-bond donors (Lipinski definition) is 3. The Balaban J connectivity index is 1.95. The van der Waals surface area contributed by atoms with E-state index >= 15 is 0 Å². The van der Waals surface area contributed by atoms with Crippen LogP contribution in [0, 0.1) is 5.92 Å². The number of carbonyl (C=O) groups is 1. The lowest BCUT2D eigenvalue weighted by atomic mass is 10.1. The summed E-state index contributed by atoms with van der Waals surface area (Å²) >= 11 is 0. The van der Waals surface area contributed by atoms with Crippen LogP contribution in [-0.4, -0.2) is 28.4 Å². The second-order valence-corrected chi connectivity index (χ2v) is 5.73. The predicted octanol–water partition coefficient (Wildman–Crippen LogP) is 1.66. The van der Waals surface area contributed by atoms with Gasteiger partial charge in [0.1, 0.15) is 0 Å². The van der Waals surface area contributed by atoms with Gasteiger partial charge in [-0.1, -0.05) is 13.8 Å². The molecular formula is C15H21N3O4. The summed E-state index contributed by atoms with van der Waals surface area (Å²) < 4.78 is 6.45. The fourth-order valence-corrected chi connectivity index (χ4v) is 2.22. The lowest BCUT2D eigenvalue weighted by Gasteiger charge is -2.14. The van der Waals surface area contributed by atoms with E-state index < -0.39 is 17.9 Å². The topological polar surface area (TPSA) is 96.5 Å². The van der Waals surface area contributed by atoms with Gasteiger partial charge in [-0.05, 0) is 24.5 Å². The maximum absolute atomic E-state index is 11.8. The first-order valence-corrected chi connectivity index (χ1v) is 7.19. The van der Waals surface area contributed by atoms with Gasteiger partial charge in [0.05, 0.1) is 11.6 Å². The number of nitrogens with one attached hydrogen (secondary N) is 2. The molecule has 2 amide bonds. The normalized spacial score (nSPS) is 12.6. The standard InChI is InChI=1S/C15H21N3O4/c1-9(2)6-11(19)8-16-14(20)17-10-4-5-12-13(7-10)22-15(21)18(12)3/h4-5,7,9,11,19H,6,8H2,1-3H3,(H2,16,17,20)/t11-/m0/s1. The van der Waals surface area contributed by atoms with Crippen LogP contribution < -0.4 is 16.4 Å². The molecule has 0 spiro atoms. The number of benzene rings is 1. The minimum atomic E-state index is -0.569. The van der Waals surface area contributed by atoms with Crippen LogP contribution in [-0.2, 0) is 7.05 Å². The number of rotatable bonds is 5. The number of nitrogens with zero attached hydrogens (tertiary/aromatic N) is 1. The number of aliphatic hydroxyl groups excluding tert-OH is 1. The van der Waals surface area contributed by atoms with Crippen molar-refractivity contribution in [3.8, 4) is 0 Å². The summed E-state index contributed by atoms with van der Waals surface area (Å²) in [7, 11) is 1.62. The molecule has 3 N–H and O–H groups in total. The number of aromatic nitrogens is 1. The second-order valence-electron chi connectivity index (χ2n) is 5.73. The van der Waals surface area contributed by atoms with Crippen LogP contribution in [0.15, 0.2) is 27.4 Å². The summed E-state index contributed by atoms with van der Waals surface area (Å²) in [4.78, 5) is 23.2. The van der Waals surface area contributed by atoms with Crippen molar-refractivity contribution >= 4 is 22.8 Å². The van der Waals surface area contributed by atoms with E-state index in [0.717, 1.165) is 0 Å². The summed E-state index contributed by atoms with van der Waals surface area (Å²) in [6, 6.07) is 4.55.